The first-order valence-corrected chi connectivity index (χ1v) is 12.1. The highest BCUT2D eigenvalue weighted by molar-refractivity contribution is 5.85. The van der Waals surface area contributed by atoms with Crippen LogP contribution in [0.1, 0.15) is 72.1 Å². The summed E-state index contributed by atoms with van der Waals surface area (Å²) in [4.78, 5) is 33.9. The number of ketones is 3. The molecule has 0 atom stereocenters. The average Bonchev–Trinajstić information content (AvgIpc) is 3.39. The van der Waals surface area contributed by atoms with E-state index in [-0.39, 0.29) is 72.7 Å². The molecule has 0 radical (unpaired) electrons. The average molecular weight is 457 g/mol. The minimum Gasteiger partial charge on any atom is -0.396 e. The van der Waals surface area contributed by atoms with Gasteiger partial charge in [0.15, 0.2) is 0 Å². The van der Waals surface area contributed by atoms with Crippen LogP contribution in [-0.4, -0.2) is 65.7 Å². The van der Waals surface area contributed by atoms with E-state index in [0.29, 0.717) is 19.3 Å². The van der Waals surface area contributed by atoms with Crippen LogP contribution >= 0.6 is 0 Å². The van der Waals surface area contributed by atoms with Gasteiger partial charge in [0.25, 0.3) is 0 Å². The van der Waals surface area contributed by atoms with Crippen molar-refractivity contribution in [2.24, 2.45) is 35.5 Å². The maximum Gasteiger partial charge on any atom is 0.132 e. The first kappa shape index (κ1) is 28.9. The molecule has 3 fully saturated rings. The molecule has 0 aromatic rings. The minimum absolute atomic E-state index is 0.0958. The van der Waals surface area contributed by atoms with Crippen molar-refractivity contribution in [2.75, 3.05) is 33.0 Å². The second-order valence-corrected chi connectivity index (χ2v) is 9.80. The Labute approximate surface area is 192 Å². The summed E-state index contributed by atoms with van der Waals surface area (Å²) < 4.78 is 4.94. The smallest absolute Gasteiger partial charge is 0.132 e. The number of aliphatic hydroxyl groups is 3. The van der Waals surface area contributed by atoms with E-state index in [4.69, 9.17) is 20.1 Å². The summed E-state index contributed by atoms with van der Waals surface area (Å²) in [6.45, 7) is 7.20. The van der Waals surface area contributed by atoms with Gasteiger partial charge in [0.2, 0.25) is 0 Å². The summed E-state index contributed by atoms with van der Waals surface area (Å²) in [7, 11) is 0. The Balaban J connectivity index is 0.000000267. The lowest BCUT2D eigenvalue weighted by molar-refractivity contribution is -0.130. The zero-order valence-corrected chi connectivity index (χ0v) is 20.1. The number of hydrogen-bond acceptors (Lipinski definition) is 7. The Morgan fingerprint density at radius 3 is 1.03 bits per heavy atom. The Hall–Kier alpha value is -1.15. The van der Waals surface area contributed by atoms with Crippen LogP contribution in [0.3, 0.4) is 0 Å². The molecule has 0 amide bonds. The number of aliphatic hydroxyl groups excluding tert-OH is 3. The van der Waals surface area contributed by atoms with E-state index in [1.54, 1.807) is 20.8 Å². The highest BCUT2D eigenvalue weighted by atomic mass is 16.5. The van der Waals surface area contributed by atoms with Gasteiger partial charge in [0.05, 0.1) is 0 Å². The van der Waals surface area contributed by atoms with Crippen molar-refractivity contribution in [3.8, 4) is 0 Å². The van der Waals surface area contributed by atoms with Gasteiger partial charge in [0, 0.05) is 50.8 Å². The van der Waals surface area contributed by atoms with E-state index in [1.807, 2.05) is 0 Å². The van der Waals surface area contributed by atoms with Gasteiger partial charge in [-0.25, -0.2) is 0 Å². The van der Waals surface area contributed by atoms with Crippen molar-refractivity contribution in [3.05, 3.63) is 0 Å². The molecule has 7 nitrogen and oxygen atoms in total. The molecule has 1 aliphatic heterocycles. The minimum atomic E-state index is -0.0958. The summed E-state index contributed by atoms with van der Waals surface area (Å²) in [5.74, 6) is 0.880. The van der Waals surface area contributed by atoms with Crippen LogP contribution in [0.4, 0.5) is 0 Å². The molecule has 32 heavy (non-hydrogen) atoms. The fourth-order valence-electron chi connectivity index (χ4n) is 4.98. The van der Waals surface area contributed by atoms with Crippen LogP contribution in [-0.2, 0) is 19.1 Å². The number of carbonyl (C=O) groups is 3. The lowest BCUT2D eigenvalue weighted by Crippen LogP contribution is -2.33. The third-order valence-electron chi connectivity index (χ3n) is 7.03. The largest absolute Gasteiger partial charge is 0.396 e. The second kappa shape index (κ2) is 15.6. The maximum atomic E-state index is 11.3. The highest BCUT2D eigenvalue weighted by Crippen LogP contribution is 2.35. The summed E-state index contributed by atoms with van der Waals surface area (Å²) in [5.41, 5.74) is 0. The Morgan fingerprint density at radius 1 is 0.594 bits per heavy atom. The summed E-state index contributed by atoms with van der Waals surface area (Å²) in [5, 5.41) is 26.9. The molecular formula is C25H44O7. The van der Waals surface area contributed by atoms with E-state index in [2.05, 4.69) is 0 Å². The van der Waals surface area contributed by atoms with Crippen molar-refractivity contribution in [1.82, 2.24) is 0 Å². The fraction of sp³-hybridized carbons (Fsp3) is 0.880. The quantitative estimate of drug-likeness (QED) is 0.562. The topological polar surface area (TPSA) is 121 Å². The fourth-order valence-corrected chi connectivity index (χ4v) is 4.98. The highest BCUT2D eigenvalue weighted by Gasteiger charge is 2.35. The number of hydrogen-bond donors (Lipinski definition) is 3. The molecule has 3 N–H and O–H groups in total. The van der Waals surface area contributed by atoms with E-state index in [1.165, 1.54) is 12.8 Å². The Kier molecular flexibility index (Phi) is 14.1. The molecule has 186 valence electrons. The predicted molar refractivity (Wildman–Crippen MR) is 122 cm³/mol. The van der Waals surface area contributed by atoms with E-state index in [0.717, 1.165) is 32.5 Å². The molecule has 0 aromatic carbocycles. The SMILES string of the molecule is C1CCOC1.CC(=O)C1CC(C(C)=O)CC(C(C)=O)C1.OCC1CC(CO)CC(CO)C1. The van der Waals surface area contributed by atoms with Crippen LogP contribution in [0.25, 0.3) is 0 Å². The van der Waals surface area contributed by atoms with Crippen molar-refractivity contribution >= 4 is 17.3 Å². The van der Waals surface area contributed by atoms with Crippen molar-refractivity contribution in [1.29, 1.82) is 0 Å². The third-order valence-corrected chi connectivity index (χ3v) is 7.03. The third kappa shape index (κ3) is 10.6. The first-order valence-electron chi connectivity index (χ1n) is 12.1. The number of Topliss-reactive ketones (excluding diaryl/α,β-unsaturated/α-hetero) is 3. The van der Waals surface area contributed by atoms with Gasteiger partial charge in [-0.3, -0.25) is 14.4 Å². The summed E-state index contributed by atoms with van der Waals surface area (Å²) >= 11 is 0. The van der Waals surface area contributed by atoms with Gasteiger partial charge >= 0.3 is 0 Å². The predicted octanol–water partition coefficient (Wildman–Crippen LogP) is 2.58. The summed E-state index contributed by atoms with van der Waals surface area (Å²) in [6, 6.07) is 0. The Bertz CT molecular complexity index is 482. The van der Waals surface area contributed by atoms with Gasteiger partial charge in [-0.15, -0.1) is 0 Å². The van der Waals surface area contributed by atoms with Crippen LogP contribution in [0.2, 0.25) is 0 Å². The molecule has 7 heteroatoms. The molecular weight excluding hydrogens is 412 g/mol. The number of ether oxygens (including phenoxy) is 1. The standard InChI is InChI=1S/C12H18O3.C9H18O3.C4H8O/c1-7(13)10-4-11(8(2)14)6-12(5-10)9(3)15;10-4-7-1-8(5-11)3-9(2-7)6-12;1-2-4-5-3-1/h10-12H,4-6H2,1-3H3;7-12H,1-6H2;1-4H2. The molecule has 3 rings (SSSR count). The molecule has 0 unspecified atom stereocenters. The van der Waals surface area contributed by atoms with Crippen LogP contribution < -0.4 is 0 Å². The zero-order chi connectivity index (χ0) is 24.1. The van der Waals surface area contributed by atoms with Crippen LogP contribution in [0, 0.1) is 35.5 Å². The van der Waals surface area contributed by atoms with Gasteiger partial charge in [-0.1, -0.05) is 0 Å². The lowest BCUT2D eigenvalue weighted by atomic mass is 9.71. The van der Waals surface area contributed by atoms with E-state index in [9.17, 15) is 14.4 Å². The molecule has 1 saturated heterocycles. The second-order valence-electron chi connectivity index (χ2n) is 9.80. The molecule has 2 saturated carbocycles. The van der Waals surface area contributed by atoms with Crippen molar-refractivity contribution < 1.29 is 34.4 Å². The van der Waals surface area contributed by atoms with Gasteiger partial charge in [-0.2, -0.15) is 0 Å². The number of carbonyl (C=O) groups excluding carboxylic acids is 3. The Morgan fingerprint density at radius 2 is 0.875 bits per heavy atom. The summed E-state index contributed by atoms with van der Waals surface area (Å²) in [6.07, 6.45) is 7.17. The van der Waals surface area contributed by atoms with Gasteiger partial charge in [-0.05, 0) is 89.9 Å². The van der Waals surface area contributed by atoms with E-state index >= 15 is 0 Å². The molecule has 2 aliphatic carbocycles. The van der Waals surface area contributed by atoms with Gasteiger partial charge < -0.3 is 20.1 Å². The molecule has 0 spiro atoms. The monoisotopic (exact) mass is 456 g/mol. The molecule has 1 heterocycles. The molecule has 0 aromatic heterocycles. The molecule has 0 bridgehead atoms. The van der Waals surface area contributed by atoms with Crippen molar-refractivity contribution in [2.45, 2.75) is 72.1 Å². The molecule has 3 aliphatic rings. The first-order chi connectivity index (χ1) is 15.2. The van der Waals surface area contributed by atoms with Crippen LogP contribution in [0.15, 0.2) is 0 Å². The normalized spacial score (nSPS) is 32.1. The number of rotatable bonds is 6. The van der Waals surface area contributed by atoms with Gasteiger partial charge in [0.1, 0.15) is 17.3 Å². The van der Waals surface area contributed by atoms with Crippen LogP contribution in [0.5, 0.6) is 0 Å². The lowest BCUT2D eigenvalue weighted by Gasteiger charge is -2.32. The van der Waals surface area contributed by atoms with Crippen molar-refractivity contribution in [3.63, 3.8) is 0 Å². The van der Waals surface area contributed by atoms with E-state index < -0.39 is 0 Å². The zero-order valence-electron chi connectivity index (χ0n) is 20.1. The maximum absolute atomic E-state index is 11.3.